The molecule has 1 aromatic carbocycles. The molecule has 0 saturated carbocycles. The van der Waals surface area contributed by atoms with Crippen LogP contribution in [0.25, 0.3) is 10.2 Å². The van der Waals surface area contributed by atoms with Crippen LogP contribution >= 0.6 is 11.3 Å². The average molecular weight is 378 g/mol. The van der Waals surface area contributed by atoms with Crippen molar-refractivity contribution in [2.75, 3.05) is 18.0 Å². The summed E-state index contributed by atoms with van der Waals surface area (Å²) in [5.74, 6) is 2.79. The molecule has 0 N–H and O–H groups in total. The van der Waals surface area contributed by atoms with Crippen LogP contribution in [0.15, 0.2) is 36.7 Å². The Morgan fingerprint density at radius 1 is 1.07 bits per heavy atom. The lowest BCUT2D eigenvalue weighted by Crippen LogP contribution is -2.35. The van der Waals surface area contributed by atoms with E-state index in [1.54, 1.807) is 16.8 Å². The predicted octanol–water partition coefficient (Wildman–Crippen LogP) is 5.28. The molecule has 1 aliphatic carbocycles. The second-order valence-corrected chi connectivity index (χ2v) is 9.43. The van der Waals surface area contributed by atoms with Gasteiger partial charge in [-0.3, -0.25) is 0 Å². The van der Waals surface area contributed by atoms with Gasteiger partial charge in [-0.2, -0.15) is 0 Å². The number of anilines is 1. The van der Waals surface area contributed by atoms with Crippen LogP contribution in [0, 0.1) is 11.8 Å². The smallest absolute Gasteiger partial charge is 0.141 e. The zero-order valence-electron chi connectivity index (χ0n) is 16.0. The van der Waals surface area contributed by atoms with Crippen molar-refractivity contribution in [3.05, 3.63) is 52.7 Å². The molecule has 0 radical (unpaired) electrons. The Balaban J connectivity index is 1.36. The monoisotopic (exact) mass is 377 g/mol. The highest BCUT2D eigenvalue weighted by molar-refractivity contribution is 7.19. The molecule has 5 rings (SSSR count). The molecule has 3 aromatic rings. The van der Waals surface area contributed by atoms with Crippen LogP contribution in [0.5, 0.6) is 0 Å². The van der Waals surface area contributed by atoms with Gasteiger partial charge in [0, 0.05) is 18.0 Å². The summed E-state index contributed by atoms with van der Waals surface area (Å²) in [6, 6.07) is 10.9. The van der Waals surface area contributed by atoms with Gasteiger partial charge in [0.25, 0.3) is 0 Å². The summed E-state index contributed by atoms with van der Waals surface area (Å²) in [4.78, 5) is 14.7. The number of hydrogen-bond acceptors (Lipinski definition) is 4. The first kappa shape index (κ1) is 17.2. The van der Waals surface area contributed by atoms with Crippen LogP contribution < -0.4 is 4.90 Å². The number of aryl methyl sites for hydroxylation is 1. The van der Waals surface area contributed by atoms with Gasteiger partial charge < -0.3 is 4.90 Å². The lowest BCUT2D eigenvalue weighted by Gasteiger charge is -2.33. The van der Waals surface area contributed by atoms with E-state index >= 15 is 0 Å². The van der Waals surface area contributed by atoms with Gasteiger partial charge in [-0.15, -0.1) is 11.3 Å². The van der Waals surface area contributed by atoms with Gasteiger partial charge in [-0.05, 0) is 61.5 Å². The van der Waals surface area contributed by atoms with Crippen molar-refractivity contribution in [3.63, 3.8) is 0 Å². The number of piperidine rings is 1. The highest BCUT2D eigenvalue weighted by Gasteiger charge is 2.27. The van der Waals surface area contributed by atoms with E-state index in [1.807, 2.05) is 11.3 Å². The lowest BCUT2D eigenvalue weighted by molar-refractivity contribution is 0.402. The number of fused-ring (bicyclic) bond motifs is 3. The van der Waals surface area contributed by atoms with Crippen molar-refractivity contribution in [3.8, 4) is 0 Å². The minimum Gasteiger partial charge on any atom is -0.356 e. The molecule has 0 spiro atoms. The van der Waals surface area contributed by atoms with Crippen molar-refractivity contribution in [1.82, 2.24) is 9.97 Å². The summed E-state index contributed by atoms with van der Waals surface area (Å²) < 4.78 is 0. The lowest BCUT2D eigenvalue weighted by atomic mass is 9.88. The maximum atomic E-state index is 4.76. The minimum atomic E-state index is 0.790. The summed E-state index contributed by atoms with van der Waals surface area (Å²) in [6.45, 7) is 4.60. The number of benzene rings is 1. The van der Waals surface area contributed by atoms with Crippen molar-refractivity contribution >= 4 is 27.4 Å². The molecule has 1 fully saturated rings. The van der Waals surface area contributed by atoms with Crippen molar-refractivity contribution in [2.24, 2.45) is 11.8 Å². The highest BCUT2D eigenvalue weighted by atomic mass is 32.1. The van der Waals surface area contributed by atoms with Gasteiger partial charge >= 0.3 is 0 Å². The fourth-order valence-electron chi connectivity index (χ4n) is 4.79. The fourth-order valence-corrected chi connectivity index (χ4v) is 6.14. The van der Waals surface area contributed by atoms with E-state index in [1.165, 1.54) is 60.1 Å². The van der Waals surface area contributed by atoms with E-state index in [9.17, 15) is 0 Å². The standard InChI is InChI=1S/C23H27N3S/c1-16-7-8-19-20(13-16)27-23-21(19)22(24-15-25-23)26-11-9-18(10-12-26)14-17-5-3-2-4-6-17/h2-6,15-16,18H,7-14H2,1H3. The first-order valence-corrected chi connectivity index (χ1v) is 11.1. The van der Waals surface area contributed by atoms with Crippen molar-refractivity contribution in [2.45, 2.75) is 45.4 Å². The molecule has 3 nitrogen and oxygen atoms in total. The van der Waals surface area contributed by atoms with E-state index in [-0.39, 0.29) is 0 Å². The number of nitrogens with zero attached hydrogens (tertiary/aromatic N) is 3. The maximum Gasteiger partial charge on any atom is 0.141 e. The molecule has 1 saturated heterocycles. The quantitative estimate of drug-likeness (QED) is 0.622. The van der Waals surface area contributed by atoms with Crippen LogP contribution in [-0.4, -0.2) is 23.1 Å². The molecule has 1 aliphatic heterocycles. The fraction of sp³-hybridized carbons (Fsp3) is 0.478. The van der Waals surface area contributed by atoms with Gasteiger partial charge in [0.05, 0.1) is 5.39 Å². The SMILES string of the molecule is CC1CCc2c(sc3ncnc(N4CCC(Cc5ccccc5)CC4)c23)C1. The zero-order valence-corrected chi connectivity index (χ0v) is 16.8. The minimum absolute atomic E-state index is 0.790. The summed E-state index contributed by atoms with van der Waals surface area (Å²) in [6.07, 6.45) is 9.20. The van der Waals surface area contributed by atoms with Crippen LogP contribution in [0.2, 0.25) is 0 Å². The number of hydrogen-bond donors (Lipinski definition) is 0. The molecule has 2 aromatic heterocycles. The Labute approximate surface area is 165 Å². The third-order valence-electron chi connectivity index (χ3n) is 6.35. The maximum absolute atomic E-state index is 4.76. The third-order valence-corrected chi connectivity index (χ3v) is 7.52. The van der Waals surface area contributed by atoms with E-state index in [0.717, 1.165) is 24.9 Å². The molecule has 140 valence electrons. The Bertz CT molecular complexity index is 925. The predicted molar refractivity (Wildman–Crippen MR) is 114 cm³/mol. The number of aromatic nitrogens is 2. The number of thiophene rings is 1. The van der Waals surface area contributed by atoms with Crippen molar-refractivity contribution in [1.29, 1.82) is 0 Å². The molecular formula is C23H27N3S. The van der Waals surface area contributed by atoms with Crippen LogP contribution in [0.3, 0.4) is 0 Å². The van der Waals surface area contributed by atoms with E-state index in [4.69, 9.17) is 4.98 Å². The second-order valence-electron chi connectivity index (χ2n) is 8.35. The van der Waals surface area contributed by atoms with E-state index < -0.39 is 0 Å². The molecule has 4 heteroatoms. The zero-order chi connectivity index (χ0) is 18.2. The van der Waals surface area contributed by atoms with E-state index in [2.05, 4.69) is 47.1 Å². The average Bonchev–Trinajstić information content (AvgIpc) is 3.07. The van der Waals surface area contributed by atoms with Crippen LogP contribution in [-0.2, 0) is 19.3 Å². The molecule has 0 amide bonds. The first-order chi connectivity index (χ1) is 13.3. The van der Waals surface area contributed by atoms with Gasteiger partial charge in [-0.25, -0.2) is 9.97 Å². The Morgan fingerprint density at radius 2 is 1.89 bits per heavy atom. The first-order valence-electron chi connectivity index (χ1n) is 10.3. The summed E-state index contributed by atoms with van der Waals surface area (Å²) in [7, 11) is 0. The largest absolute Gasteiger partial charge is 0.356 e. The topological polar surface area (TPSA) is 29.0 Å². The summed E-state index contributed by atoms with van der Waals surface area (Å²) in [5, 5.41) is 1.37. The van der Waals surface area contributed by atoms with Crippen LogP contribution in [0.4, 0.5) is 5.82 Å². The molecular weight excluding hydrogens is 350 g/mol. The summed E-state index contributed by atoms with van der Waals surface area (Å²) in [5.41, 5.74) is 3.02. The Morgan fingerprint density at radius 3 is 2.70 bits per heavy atom. The van der Waals surface area contributed by atoms with Gasteiger partial charge in [0.1, 0.15) is 17.0 Å². The van der Waals surface area contributed by atoms with Crippen LogP contribution in [0.1, 0.15) is 42.2 Å². The van der Waals surface area contributed by atoms with Gasteiger partial charge in [0.2, 0.25) is 0 Å². The molecule has 0 bridgehead atoms. The Kier molecular flexibility index (Phi) is 4.60. The highest BCUT2D eigenvalue weighted by Crippen LogP contribution is 2.41. The molecule has 27 heavy (non-hydrogen) atoms. The normalized spacial score (nSPS) is 20.8. The number of rotatable bonds is 3. The molecule has 1 unspecified atom stereocenters. The van der Waals surface area contributed by atoms with E-state index in [0.29, 0.717) is 0 Å². The van der Waals surface area contributed by atoms with Gasteiger partial charge in [0.15, 0.2) is 0 Å². The molecule has 1 atom stereocenters. The third kappa shape index (κ3) is 3.36. The Hall–Kier alpha value is -1.94. The van der Waals surface area contributed by atoms with Crippen molar-refractivity contribution < 1.29 is 0 Å². The summed E-state index contributed by atoms with van der Waals surface area (Å²) >= 11 is 1.91. The van der Waals surface area contributed by atoms with Gasteiger partial charge in [-0.1, -0.05) is 37.3 Å². The molecule has 3 heterocycles. The molecule has 2 aliphatic rings. The second kappa shape index (κ2) is 7.23.